The summed E-state index contributed by atoms with van der Waals surface area (Å²) in [5, 5.41) is 0. The minimum absolute atomic E-state index is 0.0640. The average Bonchev–Trinajstić information content (AvgIpc) is 2.57. The van der Waals surface area contributed by atoms with E-state index in [0.29, 0.717) is 0 Å². The Morgan fingerprint density at radius 2 is 1.87 bits per heavy atom. The topological polar surface area (TPSA) is 54.0 Å². The number of fused-ring (bicyclic) bond motifs is 1. The zero-order valence-electron chi connectivity index (χ0n) is 9.35. The lowest BCUT2D eigenvalue weighted by Gasteiger charge is -2.22. The van der Waals surface area contributed by atoms with Crippen molar-refractivity contribution in [2.75, 3.05) is 7.11 Å². The van der Waals surface area contributed by atoms with Gasteiger partial charge in [-0.2, -0.15) is 0 Å². The van der Waals surface area contributed by atoms with Crippen molar-refractivity contribution >= 4 is 5.78 Å². The van der Waals surface area contributed by atoms with Gasteiger partial charge in [0.15, 0.2) is 17.9 Å². The predicted octanol–water partition coefficient (Wildman–Crippen LogP) is 0.467. The van der Waals surface area contributed by atoms with E-state index in [-0.39, 0.29) is 18.0 Å². The summed E-state index contributed by atoms with van der Waals surface area (Å²) in [6.07, 6.45) is -1.78. The van der Waals surface area contributed by atoms with Crippen LogP contribution >= 0.6 is 0 Å². The van der Waals surface area contributed by atoms with E-state index in [1.165, 1.54) is 14.0 Å². The van der Waals surface area contributed by atoms with Crippen molar-refractivity contribution in [3.63, 3.8) is 0 Å². The summed E-state index contributed by atoms with van der Waals surface area (Å²) in [5.41, 5.74) is 0. The first-order valence-electron chi connectivity index (χ1n) is 4.99. The number of hydrogen-bond donors (Lipinski definition) is 0. The standard InChI is InChI=1S/C10H16O5/c1-5(11)6-7-8(9(12-4)13-6)15-10(2,3)14-7/h6-9H,1-4H3/t6-,7+,8+,9+/m1/s1. The van der Waals surface area contributed by atoms with E-state index in [2.05, 4.69) is 0 Å². The molecule has 2 heterocycles. The van der Waals surface area contributed by atoms with Gasteiger partial charge in [-0.05, 0) is 20.8 Å². The molecule has 0 aromatic carbocycles. The highest BCUT2D eigenvalue weighted by molar-refractivity contribution is 5.81. The molecule has 2 saturated heterocycles. The number of Topliss-reactive ketones (excluding diaryl/α,β-unsaturated/α-hetero) is 1. The van der Waals surface area contributed by atoms with Crippen molar-refractivity contribution in [2.45, 2.75) is 51.2 Å². The third-order valence-electron chi connectivity index (χ3n) is 2.64. The number of rotatable bonds is 2. The Hall–Kier alpha value is -0.490. The Bertz CT molecular complexity index is 275. The molecule has 0 spiro atoms. The van der Waals surface area contributed by atoms with Gasteiger partial charge in [0, 0.05) is 7.11 Å². The second-order valence-corrected chi connectivity index (χ2v) is 4.34. The first-order chi connectivity index (χ1) is 6.94. The molecule has 0 N–H and O–H groups in total. The third kappa shape index (κ3) is 1.80. The SMILES string of the molecule is CO[C@H]1O[C@H](C(C)=O)[C@@H]2OC(C)(C)O[C@H]12. The zero-order valence-corrected chi connectivity index (χ0v) is 9.35. The molecular weight excluding hydrogens is 200 g/mol. The van der Waals surface area contributed by atoms with Crippen LogP contribution in [0.25, 0.3) is 0 Å². The number of carbonyl (C=O) groups excluding carboxylic acids is 1. The summed E-state index contributed by atoms with van der Waals surface area (Å²) in [6, 6.07) is 0. The highest BCUT2D eigenvalue weighted by Crippen LogP contribution is 2.38. The fourth-order valence-corrected chi connectivity index (χ4v) is 2.08. The highest BCUT2D eigenvalue weighted by Gasteiger charge is 2.56. The molecule has 2 fully saturated rings. The van der Waals surface area contributed by atoms with Crippen molar-refractivity contribution in [3.05, 3.63) is 0 Å². The van der Waals surface area contributed by atoms with Crippen molar-refractivity contribution in [3.8, 4) is 0 Å². The molecular formula is C10H16O5. The molecule has 2 aliphatic rings. The van der Waals surface area contributed by atoms with E-state index in [1.54, 1.807) is 0 Å². The van der Waals surface area contributed by atoms with Gasteiger partial charge in [0.2, 0.25) is 0 Å². The van der Waals surface area contributed by atoms with Crippen LogP contribution in [-0.4, -0.2) is 43.3 Å². The Morgan fingerprint density at radius 3 is 2.40 bits per heavy atom. The van der Waals surface area contributed by atoms with Gasteiger partial charge in [-0.1, -0.05) is 0 Å². The first kappa shape index (κ1) is 11.0. The summed E-state index contributed by atoms with van der Waals surface area (Å²) in [7, 11) is 1.53. The van der Waals surface area contributed by atoms with Gasteiger partial charge in [-0.25, -0.2) is 0 Å². The summed E-state index contributed by atoms with van der Waals surface area (Å²) in [5.74, 6) is -0.741. The molecule has 0 aliphatic carbocycles. The molecule has 0 unspecified atom stereocenters. The highest BCUT2D eigenvalue weighted by atomic mass is 16.8. The molecule has 15 heavy (non-hydrogen) atoms. The number of hydrogen-bond acceptors (Lipinski definition) is 5. The minimum atomic E-state index is -0.677. The van der Waals surface area contributed by atoms with E-state index in [4.69, 9.17) is 18.9 Å². The summed E-state index contributed by atoms with van der Waals surface area (Å²) < 4.78 is 21.8. The van der Waals surface area contributed by atoms with Crippen molar-refractivity contribution in [2.24, 2.45) is 0 Å². The summed E-state index contributed by atoms with van der Waals surface area (Å²) in [4.78, 5) is 11.3. The smallest absolute Gasteiger partial charge is 0.187 e. The number of ether oxygens (including phenoxy) is 4. The maximum Gasteiger partial charge on any atom is 0.187 e. The lowest BCUT2D eigenvalue weighted by molar-refractivity contribution is -0.225. The molecule has 5 nitrogen and oxygen atoms in total. The second kappa shape index (κ2) is 3.52. The van der Waals surface area contributed by atoms with Crippen LogP contribution in [0, 0.1) is 0 Å². The summed E-state index contributed by atoms with van der Waals surface area (Å²) in [6.45, 7) is 5.11. The number of methoxy groups -OCH3 is 1. The molecule has 0 aromatic heterocycles. The monoisotopic (exact) mass is 216 g/mol. The van der Waals surface area contributed by atoms with Crippen LogP contribution in [0.2, 0.25) is 0 Å². The fourth-order valence-electron chi connectivity index (χ4n) is 2.08. The van der Waals surface area contributed by atoms with Crippen LogP contribution in [0.15, 0.2) is 0 Å². The van der Waals surface area contributed by atoms with Crippen LogP contribution < -0.4 is 0 Å². The molecule has 86 valence electrons. The zero-order chi connectivity index (χ0) is 11.2. The lowest BCUT2D eigenvalue weighted by atomic mass is 10.1. The predicted molar refractivity (Wildman–Crippen MR) is 50.2 cm³/mol. The molecule has 2 rings (SSSR count). The number of ketones is 1. The van der Waals surface area contributed by atoms with E-state index in [1.807, 2.05) is 13.8 Å². The van der Waals surface area contributed by atoms with Gasteiger partial charge in [-0.15, -0.1) is 0 Å². The van der Waals surface area contributed by atoms with Crippen LogP contribution in [-0.2, 0) is 23.7 Å². The quantitative estimate of drug-likeness (QED) is 0.671. The average molecular weight is 216 g/mol. The maximum absolute atomic E-state index is 11.3. The van der Waals surface area contributed by atoms with Crippen molar-refractivity contribution in [1.82, 2.24) is 0 Å². The van der Waals surface area contributed by atoms with E-state index >= 15 is 0 Å². The molecule has 4 atom stereocenters. The minimum Gasteiger partial charge on any atom is -0.353 e. The Balaban J connectivity index is 2.19. The van der Waals surface area contributed by atoms with Gasteiger partial charge in [0.05, 0.1) is 0 Å². The molecule has 0 bridgehead atoms. The Morgan fingerprint density at radius 1 is 1.27 bits per heavy atom. The van der Waals surface area contributed by atoms with Gasteiger partial charge in [0.1, 0.15) is 18.3 Å². The molecule has 0 amide bonds. The molecule has 0 aromatic rings. The number of carbonyl (C=O) groups is 1. The maximum atomic E-state index is 11.3. The third-order valence-corrected chi connectivity index (χ3v) is 2.64. The van der Waals surface area contributed by atoms with Crippen LogP contribution in [0.5, 0.6) is 0 Å². The molecule has 0 radical (unpaired) electrons. The van der Waals surface area contributed by atoms with Gasteiger partial charge in [0.25, 0.3) is 0 Å². The molecule has 0 saturated carbocycles. The Kier molecular flexibility index (Phi) is 2.58. The van der Waals surface area contributed by atoms with E-state index in [9.17, 15) is 4.79 Å². The van der Waals surface area contributed by atoms with Crippen LogP contribution in [0.3, 0.4) is 0 Å². The normalized spacial score (nSPS) is 42.9. The first-order valence-corrected chi connectivity index (χ1v) is 4.99. The van der Waals surface area contributed by atoms with Crippen LogP contribution in [0.1, 0.15) is 20.8 Å². The fraction of sp³-hybridized carbons (Fsp3) is 0.900. The molecule has 2 aliphatic heterocycles. The molecule has 5 heteroatoms. The van der Waals surface area contributed by atoms with Crippen molar-refractivity contribution in [1.29, 1.82) is 0 Å². The largest absolute Gasteiger partial charge is 0.353 e. The summed E-state index contributed by atoms with van der Waals surface area (Å²) >= 11 is 0. The van der Waals surface area contributed by atoms with Gasteiger partial charge < -0.3 is 18.9 Å². The van der Waals surface area contributed by atoms with E-state index < -0.39 is 18.2 Å². The van der Waals surface area contributed by atoms with Crippen molar-refractivity contribution < 1.29 is 23.7 Å². The van der Waals surface area contributed by atoms with Gasteiger partial charge in [-0.3, -0.25) is 4.79 Å². The van der Waals surface area contributed by atoms with E-state index in [0.717, 1.165) is 0 Å². The van der Waals surface area contributed by atoms with Gasteiger partial charge >= 0.3 is 0 Å². The second-order valence-electron chi connectivity index (χ2n) is 4.34. The Labute approximate surface area is 88.6 Å². The lowest BCUT2D eigenvalue weighted by Crippen LogP contribution is -2.34. The van der Waals surface area contributed by atoms with Crippen LogP contribution in [0.4, 0.5) is 0 Å².